The van der Waals surface area contributed by atoms with E-state index in [2.05, 4.69) is 30.2 Å². The summed E-state index contributed by atoms with van der Waals surface area (Å²) < 4.78 is 14.0. The zero-order valence-corrected chi connectivity index (χ0v) is 12.3. The molecule has 0 spiro atoms. The zero-order valence-electron chi connectivity index (χ0n) is 12.3. The summed E-state index contributed by atoms with van der Waals surface area (Å²) in [4.78, 5) is 2.10. The quantitative estimate of drug-likeness (QED) is 0.751. The first-order valence-electron chi connectivity index (χ1n) is 7.01. The third-order valence-corrected chi connectivity index (χ3v) is 3.90. The summed E-state index contributed by atoms with van der Waals surface area (Å²) in [6.07, 6.45) is 1.70. The second kappa shape index (κ2) is 4.25. The standard InChI is InChI=1S/C17H17N2O2/c1-11-8-13(18(2)3)9-12-10-19-14-6-4-5-7-15(14)20-17(19)21-16(11)12/h4-10,17H,1-3H3/q+1. The van der Waals surface area contributed by atoms with Gasteiger partial charge in [-0.15, -0.1) is 4.58 Å². The van der Waals surface area contributed by atoms with E-state index in [9.17, 15) is 0 Å². The summed E-state index contributed by atoms with van der Waals surface area (Å²) in [6, 6.07) is 12.3. The fourth-order valence-corrected chi connectivity index (χ4v) is 2.81. The average molecular weight is 281 g/mol. The van der Waals surface area contributed by atoms with Crippen molar-refractivity contribution in [2.24, 2.45) is 0 Å². The predicted octanol–water partition coefficient (Wildman–Crippen LogP) is 2.89. The van der Waals surface area contributed by atoms with E-state index >= 15 is 0 Å². The normalized spacial score (nSPS) is 17.9. The molecule has 0 saturated carbocycles. The molecule has 2 aromatic carbocycles. The van der Waals surface area contributed by atoms with Crippen LogP contribution < -0.4 is 14.4 Å². The molecule has 0 bridgehead atoms. The zero-order chi connectivity index (χ0) is 14.6. The van der Waals surface area contributed by atoms with Gasteiger partial charge in [-0.3, -0.25) is 0 Å². The molecule has 2 aliphatic rings. The van der Waals surface area contributed by atoms with E-state index in [1.807, 2.05) is 42.9 Å². The molecule has 0 N–H and O–H groups in total. The minimum atomic E-state index is -0.404. The van der Waals surface area contributed by atoms with E-state index in [-0.39, 0.29) is 0 Å². The van der Waals surface area contributed by atoms with Crippen molar-refractivity contribution in [3.05, 3.63) is 47.5 Å². The largest absolute Gasteiger partial charge is 0.468 e. The maximum atomic E-state index is 6.06. The number of benzene rings is 2. The fraction of sp³-hybridized carbons (Fsp3) is 0.235. The highest BCUT2D eigenvalue weighted by atomic mass is 16.7. The predicted molar refractivity (Wildman–Crippen MR) is 82.1 cm³/mol. The Morgan fingerprint density at radius 2 is 1.90 bits per heavy atom. The second-order valence-electron chi connectivity index (χ2n) is 5.62. The molecule has 1 atom stereocenters. The molecule has 21 heavy (non-hydrogen) atoms. The molecule has 0 saturated heterocycles. The van der Waals surface area contributed by atoms with Gasteiger partial charge >= 0.3 is 6.41 Å². The van der Waals surface area contributed by atoms with Gasteiger partial charge in [0, 0.05) is 25.8 Å². The Hall–Kier alpha value is -2.49. The Balaban J connectivity index is 1.88. The fourth-order valence-electron chi connectivity index (χ4n) is 2.81. The number of hydrogen-bond donors (Lipinski definition) is 0. The molecular weight excluding hydrogens is 264 g/mol. The number of anilines is 1. The van der Waals surface area contributed by atoms with E-state index in [1.54, 1.807) is 0 Å². The Kier molecular flexibility index (Phi) is 2.48. The highest BCUT2D eigenvalue weighted by Crippen LogP contribution is 2.40. The van der Waals surface area contributed by atoms with Gasteiger partial charge in [0.2, 0.25) is 5.75 Å². The summed E-state index contributed by atoms with van der Waals surface area (Å²) in [5.74, 6) is 1.76. The molecule has 0 radical (unpaired) electrons. The number of aryl methyl sites for hydroxylation is 1. The van der Waals surface area contributed by atoms with E-state index in [1.165, 1.54) is 0 Å². The summed E-state index contributed by atoms with van der Waals surface area (Å²) in [7, 11) is 4.09. The van der Waals surface area contributed by atoms with E-state index in [0.29, 0.717) is 0 Å². The molecule has 4 heteroatoms. The molecule has 1 unspecified atom stereocenters. The third-order valence-electron chi connectivity index (χ3n) is 3.90. The lowest BCUT2D eigenvalue weighted by atomic mass is 10.1. The molecule has 4 nitrogen and oxygen atoms in total. The van der Waals surface area contributed by atoms with Crippen LogP contribution in [0.3, 0.4) is 0 Å². The van der Waals surface area contributed by atoms with E-state index in [4.69, 9.17) is 9.47 Å². The maximum absolute atomic E-state index is 6.06. The van der Waals surface area contributed by atoms with Gasteiger partial charge in [0.25, 0.3) is 5.69 Å². The van der Waals surface area contributed by atoms with Crippen molar-refractivity contribution >= 4 is 17.6 Å². The van der Waals surface area contributed by atoms with Crippen molar-refractivity contribution in [3.8, 4) is 11.5 Å². The van der Waals surface area contributed by atoms with Gasteiger partial charge in [0.15, 0.2) is 6.21 Å². The molecular formula is C17H17N2O2+. The van der Waals surface area contributed by atoms with Crippen LogP contribution in [-0.2, 0) is 0 Å². The first-order valence-corrected chi connectivity index (χ1v) is 7.01. The molecule has 2 aromatic rings. The number of nitrogens with zero attached hydrogens (tertiary/aromatic N) is 2. The number of hydrogen-bond acceptors (Lipinski definition) is 3. The van der Waals surface area contributed by atoms with Crippen molar-refractivity contribution in [2.75, 3.05) is 19.0 Å². The van der Waals surface area contributed by atoms with Gasteiger partial charge in [0.05, 0.1) is 5.56 Å². The summed E-state index contributed by atoms with van der Waals surface area (Å²) in [5.41, 5.74) is 4.40. The van der Waals surface area contributed by atoms with Crippen LogP contribution in [0.15, 0.2) is 36.4 Å². The van der Waals surface area contributed by atoms with Crippen LogP contribution in [0.5, 0.6) is 11.5 Å². The van der Waals surface area contributed by atoms with Gasteiger partial charge in [-0.1, -0.05) is 12.1 Å². The van der Waals surface area contributed by atoms with Gasteiger partial charge in [-0.05, 0) is 30.7 Å². The molecule has 0 amide bonds. The minimum absolute atomic E-state index is 0.404. The Morgan fingerprint density at radius 1 is 1.10 bits per heavy atom. The van der Waals surface area contributed by atoms with E-state index < -0.39 is 6.41 Å². The van der Waals surface area contributed by atoms with Crippen LogP contribution in [0.25, 0.3) is 0 Å². The lowest BCUT2D eigenvalue weighted by Crippen LogP contribution is -2.34. The Bertz CT molecular complexity index is 765. The smallest absolute Gasteiger partial charge is 0.400 e. The molecule has 2 heterocycles. The SMILES string of the molecule is Cc1cc(N(C)C)cc2c1OC1Oc3ccccc3[N+]1=C2. The number of rotatable bonds is 1. The first-order chi connectivity index (χ1) is 10.1. The highest BCUT2D eigenvalue weighted by Gasteiger charge is 2.41. The number of para-hydroxylation sites is 2. The summed E-state index contributed by atoms with van der Waals surface area (Å²) >= 11 is 0. The van der Waals surface area contributed by atoms with Crippen LogP contribution >= 0.6 is 0 Å². The topological polar surface area (TPSA) is 24.7 Å². The van der Waals surface area contributed by atoms with Crippen molar-refractivity contribution in [1.29, 1.82) is 0 Å². The number of fused-ring (bicyclic) bond motifs is 4. The van der Waals surface area contributed by atoms with Crippen molar-refractivity contribution < 1.29 is 14.0 Å². The summed E-state index contributed by atoms with van der Waals surface area (Å²) in [5, 5.41) is 0. The Labute approximate surface area is 123 Å². The minimum Gasteiger partial charge on any atom is -0.400 e. The average Bonchev–Trinajstić information content (AvgIpc) is 2.83. The van der Waals surface area contributed by atoms with Gasteiger partial charge < -0.3 is 14.4 Å². The van der Waals surface area contributed by atoms with Gasteiger partial charge in [0.1, 0.15) is 5.75 Å². The maximum Gasteiger partial charge on any atom is 0.468 e. The van der Waals surface area contributed by atoms with Crippen LogP contribution in [0.2, 0.25) is 0 Å². The lowest BCUT2D eigenvalue weighted by molar-refractivity contribution is -0.555. The first kappa shape index (κ1) is 12.3. The van der Waals surface area contributed by atoms with Gasteiger partial charge in [-0.2, -0.15) is 0 Å². The van der Waals surface area contributed by atoms with E-state index in [0.717, 1.165) is 34.0 Å². The van der Waals surface area contributed by atoms with Crippen molar-refractivity contribution in [3.63, 3.8) is 0 Å². The Morgan fingerprint density at radius 3 is 2.71 bits per heavy atom. The lowest BCUT2D eigenvalue weighted by Gasteiger charge is -2.21. The van der Waals surface area contributed by atoms with Crippen LogP contribution in [0, 0.1) is 6.92 Å². The highest BCUT2D eigenvalue weighted by molar-refractivity contribution is 5.85. The van der Waals surface area contributed by atoms with Crippen molar-refractivity contribution in [1.82, 2.24) is 0 Å². The van der Waals surface area contributed by atoms with Crippen LogP contribution in [0.4, 0.5) is 11.4 Å². The molecule has 4 rings (SSSR count). The summed E-state index contributed by atoms with van der Waals surface area (Å²) in [6.45, 7) is 2.07. The molecule has 0 aromatic heterocycles. The second-order valence-corrected chi connectivity index (χ2v) is 5.62. The molecule has 106 valence electrons. The molecule has 0 aliphatic carbocycles. The third kappa shape index (κ3) is 1.79. The molecule has 0 fully saturated rings. The number of ether oxygens (including phenoxy) is 2. The van der Waals surface area contributed by atoms with Gasteiger partial charge in [-0.25, -0.2) is 0 Å². The van der Waals surface area contributed by atoms with Crippen molar-refractivity contribution in [2.45, 2.75) is 13.3 Å². The molecule has 2 aliphatic heterocycles. The van der Waals surface area contributed by atoms with Crippen LogP contribution in [-0.4, -0.2) is 31.3 Å². The monoisotopic (exact) mass is 281 g/mol. The van der Waals surface area contributed by atoms with Crippen LogP contribution in [0.1, 0.15) is 11.1 Å².